The van der Waals surface area contributed by atoms with Crippen LogP contribution in [0.4, 0.5) is 0 Å². The molecule has 1 rings (SSSR count). The third-order valence-electron chi connectivity index (χ3n) is 2.84. The number of nitrogens with one attached hydrogen (secondary N) is 1. The highest BCUT2D eigenvalue weighted by atomic mass is 79.9. The molecule has 0 aromatic rings. The van der Waals surface area contributed by atoms with Crippen LogP contribution < -0.4 is 5.32 Å². The maximum atomic E-state index is 11.6. The Kier molecular flexibility index (Phi) is 6.24. The van der Waals surface area contributed by atoms with Gasteiger partial charge in [0.1, 0.15) is 0 Å². The first kappa shape index (κ1) is 12.0. The van der Waals surface area contributed by atoms with Crippen molar-refractivity contribution >= 4 is 21.8 Å². The van der Waals surface area contributed by atoms with Crippen LogP contribution in [-0.2, 0) is 4.79 Å². The van der Waals surface area contributed by atoms with Crippen molar-refractivity contribution in [2.45, 2.75) is 44.9 Å². The number of rotatable bonds is 6. The summed E-state index contributed by atoms with van der Waals surface area (Å²) >= 11 is 3.40. The minimum absolute atomic E-state index is 0.293. The number of unbranched alkanes of at least 4 members (excludes halogenated alkanes) is 2. The molecule has 2 nitrogen and oxygen atoms in total. The highest BCUT2D eigenvalue weighted by molar-refractivity contribution is 9.09. The molecule has 0 atom stereocenters. The summed E-state index contributed by atoms with van der Waals surface area (Å²) < 4.78 is 0. The summed E-state index contributed by atoms with van der Waals surface area (Å²) in [6.07, 6.45) is 8.21. The van der Waals surface area contributed by atoms with Crippen LogP contribution in [0.25, 0.3) is 0 Å². The first-order chi connectivity index (χ1) is 6.84. The Balaban J connectivity index is 1.97. The van der Waals surface area contributed by atoms with E-state index in [1.165, 1.54) is 25.7 Å². The van der Waals surface area contributed by atoms with Gasteiger partial charge in [-0.15, -0.1) is 0 Å². The molecule has 14 heavy (non-hydrogen) atoms. The normalized spacial score (nSPS) is 17.2. The zero-order valence-corrected chi connectivity index (χ0v) is 10.3. The molecule has 1 aliphatic carbocycles. The first-order valence-corrected chi connectivity index (χ1v) is 6.80. The predicted molar refractivity (Wildman–Crippen MR) is 62.6 cm³/mol. The first-order valence-electron chi connectivity index (χ1n) is 5.68. The van der Waals surface area contributed by atoms with Crippen molar-refractivity contribution in [3.05, 3.63) is 0 Å². The smallest absolute Gasteiger partial charge is 0.223 e. The molecular formula is C11H20BrNO. The molecule has 3 heteroatoms. The van der Waals surface area contributed by atoms with Gasteiger partial charge in [0.15, 0.2) is 0 Å². The van der Waals surface area contributed by atoms with Crippen molar-refractivity contribution < 1.29 is 4.79 Å². The van der Waals surface area contributed by atoms with Crippen molar-refractivity contribution in [1.82, 2.24) is 5.32 Å². The van der Waals surface area contributed by atoms with Gasteiger partial charge in [-0.2, -0.15) is 0 Å². The van der Waals surface area contributed by atoms with E-state index in [9.17, 15) is 4.79 Å². The van der Waals surface area contributed by atoms with E-state index in [-0.39, 0.29) is 0 Å². The third kappa shape index (κ3) is 4.45. The van der Waals surface area contributed by atoms with Crippen molar-refractivity contribution in [1.29, 1.82) is 0 Å². The van der Waals surface area contributed by atoms with Crippen LogP contribution in [0.2, 0.25) is 0 Å². The summed E-state index contributed by atoms with van der Waals surface area (Å²) in [5.41, 5.74) is 0. The maximum Gasteiger partial charge on any atom is 0.223 e. The lowest BCUT2D eigenvalue weighted by Crippen LogP contribution is -2.30. The van der Waals surface area contributed by atoms with Gasteiger partial charge in [-0.05, 0) is 25.7 Å². The molecular weight excluding hydrogens is 242 g/mol. The van der Waals surface area contributed by atoms with Crippen LogP contribution in [0.1, 0.15) is 44.9 Å². The maximum absolute atomic E-state index is 11.6. The Morgan fingerprint density at radius 2 is 1.93 bits per heavy atom. The van der Waals surface area contributed by atoms with Crippen molar-refractivity contribution in [2.24, 2.45) is 5.92 Å². The Bertz CT molecular complexity index is 167. The summed E-state index contributed by atoms with van der Waals surface area (Å²) in [7, 11) is 0. The lowest BCUT2D eigenvalue weighted by molar-refractivity contribution is -0.124. The Labute approximate surface area is 95.0 Å². The van der Waals surface area contributed by atoms with Crippen LogP contribution in [0.5, 0.6) is 0 Å². The second kappa shape index (κ2) is 7.27. The molecule has 0 radical (unpaired) electrons. The number of halogens is 1. The molecule has 1 fully saturated rings. The van der Waals surface area contributed by atoms with Crippen LogP contribution in [-0.4, -0.2) is 17.8 Å². The van der Waals surface area contributed by atoms with Gasteiger partial charge < -0.3 is 5.32 Å². The van der Waals surface area contributed by atoms with E-state index in [1.54, 1.807) is 0 Å². The molecule has 0 aromatic heterocycles. The van der Waals surface area contributed by atoms with Gasteiger partial charge in [0.25, 0.3) is 0 Å². The number of carbonyl (C=O) groups is 1. The van der Waals surface area contributed by atoms with Gasteiger partial charge in [0.05, 0.1) is 0 Å². The molecule has 1 aliphatic rings. The van der Waals surface area contributed by atoms with Crippen LogP contribution in [0.3, 0.4) is 0 Å². The monoisotopic (exact) mass is 261 g/mol. The standard InChI is InChI=1S/C11H20BrNO/c12-8-4-1-5-9-13-11(14)10-6-2-3-7-10/h10H,1-9H2,(H,13,14). The van der Waals surface area contributed by atoms with Crippen LogP contribution in [0.15, 0.2) is 0 Å². The molecule has 1 amide bonds. The molecule has 0 bridgehead atoms. The third-order valence-corrected chi connectivity index (χ3v) is 3.40. The number of hydrogen-bond acceptors (Lipinski definition) is 1. The minimum atomic E-state index is 0.293. The van der Waals surface area contributed by atoms with Crippen molar-refractivity contribution in [3.63, 3.8) is 0 Å². The van der Waals surface area contributed by atoms with E-state index in [0.29, 0.717) is 11.8 Å². The second-order valence-electron chi connectivity index (χ2n) is 4.02. The largest absolute Gasteiger partial charge is 0.356 e. The lowest BCUT2D eigenvalue weighted by Gasteiger charge is -2.09. The van der Waals surface area contributed by atoms with E-state index < -0.39 is 0 Å². The molecule has 0 aromatic carbocycles. The van der Waals surface area contributed by atoms with E-state index in [4.69, 9.17) is 0 Å². The van der Waals surface area contributed by atoms with Crippen LogP contribution in [0, 0.1) is 5.92 Å². The zero-order valence-electron chi connectivity index (χ0n) is 8.73. The highest BCUT2D eigenvalue weighted by Crippen LogP contribution is 2.24. The quantitative estimate of drug-likeness (QED) is 0.578. The van der Waals surface area contributed by atoms with Crippen molar-refractivity contribution in [2.75, 3.05) is 11.9 Å². The molecule has 0 unspecified atom stereocenters. The second-order valence-corrected chi connectivity index (χ2v) is 4.82. The fourth-order valence-electron chi connectivity index (χ4n) is 1.94. The van der Waals surface area contributed by atoms with Crippen molar-refractivity contribution in [3.8, 4) is 0 Å². The minimum Gasteiger partial charge on any atom is -0.356 e. The van der Waals surface area contributed by atoms with E-state index in [0.717, 1.165) is 31.1 Å². The SMILES string of the molecule is O=C(NCCCCCBr)C1CCCC1. The Hall–Kier alpha value is -0.0500. The molecule has 0 spiro atoms. The Morgan fingerprint density at radius 3 is 2.57 bits per heavy atom. The summed E-state index contributed by atoms with van der Waals surface area (Å²) in [6.45, 7) is 0.863. The van der Waals surface area contributed by atoms with Gasteiger partial charge in [-0.3, -0.25) is 4.79 Å². The topological polar surface area (TPSA) is 29.1 Å². The summed E-state index contributed by atoms with van der Waals surface area (Å²) in [4.78, 5) is 11.6. The summed E-state index contributed by atoms with van der Waals surface area (Å²) in [5, 5.41) is 4.10. The average molecular weight is 262 g/mol. The van der Waals surface area contributed by atoms with E-state index >= 15 is 0 Å². The van der Waals surface area contributed by atoms with Crippen LogP contribution >= 0.6 is 15.9 Å². The van der Waals surface area contributed by atoms with Gasteiger partial charge in [0, 0.05) is 17.8 Å². The summed E-state index contributed by atoms with van der Waals surface area (Å²) in [6, 6.07) is 0. The fourth-order valence-corrected chi connectivity index (χ4v) is 2.34. The molecule has 0 saturated heterocycles. The number of carbonyl (C=O) groups excluding carboxylic acids is 1. The number of amides is 1. The zero-order chi connectivity index (χ0) is 10.2. The van der Waals surface area contributed by atoms with Gasteiger partial charge in [-0.25, -0.2) is 0 Å². The Morgan fingerprint density at radius 1 is 1.21 bits per heavy atom. The number of hydrogen-bond donors (Lipinski definition) is 1. The van der Waals surface area contributed by atoms with E-state index in [1.807, 2.05) is 0 Å². The highest BCUT2D eigenvalue weighted by Gasteiger charge is 2.21. The molecule has 0 heterocycles. The van der Waals surface area contributed by atoms with Gasteiger partial charge in [-0.1, -0.05) is 35.2 Å². The summed E-state index contributed by atoms with van der Waals surface area (Å²) in [5.74, 6) is 0.618. The lowest BCUT2D eigenvalue weighted by atomic mass is 10.1. The van der Waals surface area contributed by atoms with E-state index in [2.05, 4.69) is 21.2 Å². The number of alkyl halides is 1. The molecule has 1 N–H and O–H groups in total. The molecule has 1 saturated carbocycles. The van der Waals surface area contributed by atoms with Gasteiger partial charge in [0.2, 0.25) is 5.91 Å². The molecule has 82 valence electrons. The fraction of sp³-hybridized carbons (Fsp3) is 0.909. The average Bonchev–Trinajstić information content (AvgIpc) is 2.70. The predicted octanol–water partition coefficient (Wildman–Crippen LogP) is 2.86. The molecule has 0 aliphatic heterocycles. The van der Waals surface area contributed by atoms with Gasteiger partial charge >= 0.3 is 0 Å².